The normalized spacial score (nSPS) is 9.92. The van der Waals surface area contributed by atoms with Gasteiger partial charge >= 0.3 is 0 Å². The Bertz CT molecular complexity index is 316. The van der Waals surface area contributed by atoms with Crippen molar-refractivity contribution in [1.82, 2.24) is 4.98 Å². The van der Waals surface area contributed by atoms with Crippen molar-refractivity contribution in [2.45, 2.75) is 0 Å². The van der Waals surface area contributed by atoms with Crippen LogP contribution in [0, 0.1) is 0 Å². The third-order valence-corrected chi connectivity index (χ3v) is 2.33. The highest BCUT2D eigenvalue weighted by molar-refractivity contribution is 9.10. The maximum Gasteiger partial charge on any atom is 0.178 e. The quantitative estimate of drug-likeness (QED) is 0.469. The van der Waals surface area contributed by atoms with Crippen LogP contribution >= 0.6 is 39.1 Å². The van der Waals surface area contributed by atoms with Gasteiger partial charge in [0.2, 0.25) is 0 Å². The number of alkyl halides is 1. The molecule has 0 N–H and O–H groups in total. The van der Waals surface area contributed by atoms with Crippen molar-refractivity contribution < 1.29 is 4.79 Å². The summed E-state index contributed by atoms with van der Waals surface area (Å²) in [4.78, 5) is 14.9. The van der Waals surface area contributed by atoms with Crippen LogP contribution in [0.4, 0.5) is 0 Å². The SMILES string of the molecule is O=C(CCl)c1cc(Cl)ncc1Br. The van der Waals surface area contributed by atoms with Gasteiger partial charge in [0.1, 0.15) is 5.15 Å². The molecule has 0 aliphatic carbocycles. The zero-order valence-corrected chi connectivity index (χ0v) is 8.95. The first kappa shape index (κ1) is 9.96. The first-order chi connectivity index (χ1) is 5.65. The third kappa shape index (κ3) is 2.19. The molecule has 0 amide bonds. The monoisotopic (exact) mass is 267 g/mol. The first-order valence-electron chi connectivity index (χ1n) is 3.05. The molecular formula is C7H4BrCl2NO. The summed E-state index contributed by atoms with van der Waals surface area (Å²) in [6.07, 6.45) is 1.47. The topological polar surface area (TPSA) is 30.0 Å². The van der Waals surface area contributed by atoms with Gasteiger partial charge in [-0.2, -0.15) is 0 Å². The van der Waals surface area contributed by atoms with Gasteiger partial charge in [-0.1, -0.05) is 11.6 Å². The standard InChI is InChI=1S/C7H4BrCl2NO/c8-5-3-11-7(10)1-4(5)6(12)2-9/h1,3H,2H2. The number of halogens is 3. The van der Waals surface area contributed by atoms with E-state index in [2.05, 4.69) is 20.9 Å². The van der Waals surface area contributed by atoms with Crippen LogP contribution in [-0.4, -0.2) is 16.6 Å². The molecule has 0 atom stereocenters. The van der Waals surface area contributed by atoms with Gasteiger partial charge < -0.3 is 0 Å². The molecule has 0 aromatic carbocycles. The molecule has 1 aromatic heterocycles. The summed E-state index contributed by atoms with van der Waals surface area (Å²) in [5.74, 6) is -0.230. The Hall–Kier alpha value is -0.120. The molecular weight excluding hydrogens is 265 g/mol. The Labute approximate surface area is 88.0 Å². The van der Waals surface area contributed by atoms with Crippen molar-refractivity contribution >= 4 is 44.9 Å². The highest BCUT2D eigenvalue weighted by Gasteiger charge is 2.09. The average Bonchev–Trinajstić information content (AvgIpc) is 2.08. The lowest BCUT2D eigenvalue weighted by atomic mass is 10.2. The number of hydrogen-bond acceptors (Lipinski definition) is 2. The number of pyridine rings is 1. The fraction of sp³-hybridized carbons (Fsp3) is 0.143. The van der Waals surface area contributed by atoms with E-state index in [1.165, 1.54) is 12.3 Å². The predicted molar refractivity (Wildman–Crippen MR) is 52.0 cm³/mol. The second-order valence-electron chi connectivity index (χ2n) is 2.04. The van der Waals surface area contributed by atoms with Crippen molar-refractivity contribution in [2.24, 2.45) is 0 Å². The van der Waals surface area contributed by atoms with E-state index in [4.69, 9.17) is 23.2 Å². The van der Waals surface area contributed by atoms with Gasteiger partial charge in [-0.05, 0) is 22.0 Å². The Balaban J connectivity index is 3.13. The molecule has 0 saturated carbocycles. The minimum atomic E-state index is -0.173. The molecule has 1 heterocycles. The van der Waals surface area contributed by atoms with Crippen LogP contribution < -0.4 is 0 Å². The molecule has 0 unspecified atom stereocenters. The van der Waals surface area contributed by atoms with Crippen molar-refractivity contribution in [2.75, 3.05) is 5.88 Å². The summed E-state index contributed by atoms with van der Waals surface area (Å²) in [6, 6.07) is 1.48. The lowest BCUT2D eigenvalue weighted by Crippen LogP contribution is -2.01. The molecule has 0 saturated heterocycles. The maximum atomic E-state index is 11.1. The molecule has 1 aromatic rings. The van der Waals surface area contributed by atoms with E-state index in [1.54, 1.807) is 0 Å². The Morgan fingerprint density at radius 1 is 1.67 bits per heavy atom. The van der Waals surface area contributed by atoms with E-state index in [0.717, 1.165) is 0 Å². The van der Waals surface area contributed by atoms with Crippen LogP contribution in [-0.2, 0) is 0 Å². The lowest BCUT2D eigenvalue weighted by Gasteiger charge is -1.99. The number of hydrogen-bond donors (Lipinski definition) is 0. The van der Waals surface area contributed by atoms with Crippen molar-refractivity contribution in [3.8, 4) is 0 Å². The zero-order chi connectivity index (χ0) is 9.14. The van der Waals surface area contributed by atoms with E-state index in [-0.39, 0.29) is 16.8 Å². The van der Waals surface area contributed by atoms with Gasteiger partial charge in [0.05, 0.1) is 5.88 Å². The highest BCUT2D eigenvalue weighted by Crippen LogP contribution is 2.19. The van der Waals surface area contributed by atoms with Crippen LogP contribution in [0.15, 0.2) is 16.7 Å². The molecule has 64 valence electrons. The van der Waals surface area contributed by atoms with Crippen LogP contribution in [0.25, 0.3) is 0 Å². The zero-order valence-electron chi connectivity index (χ0n) is 5.85. The number of Topliss-reactive ketones (excluding diaryl/α,β-unsaturated/α-hetero) is 1. The molecule has 2 nitrogen and oxygen atoms in total. The molecule has 0 spiro atoms. The number of rotatable bonds is 2. The summed E-state index contributed by atoms with van der Waals surface area (Å²) >= 11 is 14.1. The number of carbonyl (C=O) groups is 1. The Morgan fingerprint density at radius 3 is 2.92 bits per heavy atom. The fourth-order valence-electron chi connectivity index (χ4n) is 0.699. The minimum absolute atomic E-state index is 0.0566. The average molecular weight is 269 g/mol. The van der Waals surface area contributed by atoms with Crippen LogP contribution in [0.2, 0.25) is 5.15 Å². The van der Waals surface area contributed by atoms with E-state index < -0.39 is 0 Å². The maximum absolute atomic E-state index is 11.1. The van der Waals surface area contributed by atoms with E-state index in [1.807, 2.05) is 0 Å². The van der Waals surface area contributed by atoms with Gasteiger partial charge in [0.15, 0.2) is 5.78 Å². The second-order valence-corrected chi connectivity index (χ2v) is 3.55. The highest BCUT2D eigenvalue weighted by atomic mass is 79.9. The largest absolute Gasteiger partial charge is 0.293 e. The van der Waals surface area contributed by atoms with Gasteiger partial charge in [-0.15, -0.1) is 11.6 Å². The molecule has 1 rings (SSSR count). The van der Waals surface area contributed by atoms with Gasteiger partial charge in [-0.25, -0.2) is 4.98 Å². The second kappa shape index (κ2) is 4.21. The third-order valence-electron chi connectivity index (χ3n) is 1.24. The van der Waals surface area contributed by atoms with E-state index in [9.17, 15) is 4.79 Å². The Morgan fingerprint density at radius 2 is 2.33 bits per heavy atom. The molecule has 0 aliphatic rings. The van der Waals surface area contributed by atoms with Crippen LogP contribution in [0.1, 0.15) is 10.4 Å². The number of carbonyl (C=O) groups excluding carboxylic acids is 1. The van der Waals surface area contributed by atoms with Gasteiger partial charge in [0, 0.05) is 16.2 Å². The fourth-order valence-corrected chi connectivity index (χ4v) is 1.44. The van der Waals surface area contributed by atoms with Crippen molar-refractivity contribution in [3.05, 3.63) is 27.5 Å². The molecule has 5 heteroatoms. The van der Waals surface area contributed by atoms with Crippen LogP contribution in [0.3, 0.4) is 0 Å². The van der Waals surface area contributed by atoms with Crippen molar-refractivity contribution in [3.63, 3.8) is 0 Å². The smallest absolute Gasteiger partial charge is 0.178 e. The number of ketones is 1. The molecule has 0 aliphatic heterocycles. The minimum Gasteiger partial charge on any atom is -0.293 e. The number of nitrogens with zero attached hydrogens (tertiary/aromatic N) is 1. The summed E-state index contributed by atoms with van der Waals surface area (Å²) in [7, 11) is 0. The first-order valence-corrected chi connectivity index (χ1v) is 4.76. The summed E-state index contributed by atoms with van der Waals surface area (Å²) in [5, 5.41) is 0.284. The van der Waals surface area contributed by atoms with E-state index >= 15 is 0 Å². The van der Waals surface area contributed by atoms with E-state index in [0.29, 0.717) is 10.0 Å². The summed E-state index contributed by atoms with van der Waals surface area (Å²) in [6.45, 7) is 0. The van der Waals surface area contributed by atoms with Gasteiger partial charge in [0.25, 0.3) is 0 Å². The predicted octanol–water partition coefficient (Wildman–Crippen LogP) is 2.92. The molecule has 0 bridgehead atoms. The van der Waals surface area contributed by atoms with Crippen LogP contribution in [0.5, 0.6) is 0 Å². The Kier molecular flexibility index (Phi) is 3.50. The van der Waals surface area contributed by atoms with Gasteiger partial charge in [-0.3, -0.25) is 4.79 Å². The summed E-state index contributed by atoms with van der Waals surface area (Å²) < 4.78 is 0.609. The molecule has 0 radical (unpaired) electrons. The number of aromatic nitrogens is 1. The summed E-state index contributed by atoms with van der Waals surface area (Å²) in [5.41, 5.74) is 0.463. The lowest BCUT2D eigenvalue weighted by molar-refractivity contribution is 0.102. The molecule has 12 heavy (non-hydrogen) atoms. The van der Waals surface area contributed by atoms with Crippen molar-refractivity contribution in [1.29, 1.82) is 0 Å². The molecule has 0 fully saturated rings.